The highest BCUT2D eigenvalue weighted by Crippen LogP contribution is 2.36. The van der Waals surface area contributed by atoms with E-state index >= 15 is 0 Å². The average molecular weight is 442 g/mol. The molecule has 134 valence electrons. The molecule has 0 amide bonds. The SMILES string of the molecule is CCCCCCCCc1ccc(B2OC(C)(C)C(C)(C)O2)cc1I. The molecule has 1 fully saturated rings. The second kappa shape index (κ2) is 8.55. The van der Waals surface area contributed by atoms with E-state index < -0.39 is 0 Å². The molecule has 1 saturated heterocycles. The molecule has 2 rings (SSSR count). The summed E-state index contributed by atoms with van der Waals surface area (Å²) in [6.07, 6.45) is 9.25. The van der Waals surface area contributed by atoms with E-state index in [0.29, 0.717) is 0 Å². The fraction of sp³-hybridized carbons (Fsp3) is 0.700. The maximum atomic E-state index is 6.16. The van der Waals surface area contributed by atoms with Crippen LogP contribution >= 0.6 is 22.6 Å². The van der Waals surface area contributed by atoms with Crippen molar-refractivity contribution in [3.8, 4) is 0 Å². The van der Waals surface area contributed by atoms with E-state index in [2.05, 4.69) is 75.4 Å². The first-order valence-corrected chi connectivity index (χ1v) is 10.5. The third-order valence-corrected chi connectivity index (χ3v) is 6.41. The van der Waals surface area contributed by atoms with Gasteiger partial charge in [0, 0.05) is 3.57 Å². The zero-order chi connectivity index (χ0) is 17.8. The van der Waals surface area contributed by atoms with Crippen LogP contribution in [0.15, 0.2) is 18.2 Å². The maximum Gasteiger partial charge on any atom is 0.494 e. The van der Waals surface area contributed by atoms with Crippen LogP contribution in [0.3, 0.4) is 0 Å². The van der Waals surface area contributed by atoms with Crippen LogP contribution in [0.5, 0.6) is 0 Å². The molecule has 1 aliphatic rings. The Morgan fingerprint density at radius 2 is 1.50 bits per heavy atom. The zero-order valence-electron chi connectivity index (χ0n) is 16.0. The Bertz CT molecular complexity index is 526. The summed E-state index contributed by atoms with van der Waals surface area (Å²) in [5.41, 5.74) is 2.02. The summed E-state index contributed by atoms with van der Waals surface area (Å²) in [5.74, 6) is 0. The average Bonchev–Trinajstić information content (AvgIpc) is 2.72. The van der Waals surface area contributed by atoms with Gasteiger partial charge in [0.25, 0.3) is 0 Å². The van der Waals surface area contributed by atoms with Crippen molar-refractivity contribution in [1.29, 1.82) is 0 Å². The summed E-state index contributed by atoms with van der Waals surface area (Å²) in [6.45, 7) is 10.7. The van der Waals surface area contributed by atoms with Crippen molar-refractivity contribution in [3.05, 3.63) is 27.3 Å². The van der Waals surface area contributed by atoms with Gasteiger partial charge in [-0.05, 0) is 80.2 Å². The Morgan fingerprint density at radius 3 is 2.08 bits per heavy atom. The molecular weight excluding hydrogens is 410 g/mol. The minimum atomic E-state index is -0.278. The largest absolute Gasteiger partial charge is 0.494 e. The summed E-state index contributed by atoms with van der Waals surface area (Å²) in [6, 6.07) is 6.67. The number of hydrogen-bond acceptors (Lipinski definition) is 2. The molecule has 2 nitrogen and oxygen atoms in total. The van der Waals surface area contributed by atoms with Gasteiger partial charge in [0.2, 0.25) is 0 Å². The van der Waals surface area contributed by atoms with Gasteiger partial charge in [-0.1, -0.05) is 51.2 Å². The van der Waals surface area contributed by atoms with Gasteiger partial charge in [-0.15, -0.1) is 0 Å². The Labute approximate surface area is 162 Å². The van der Waals surface area contributed by atoms with Crippen molar-refractivity contribution in [2.45, 2.75) is 90.8 Å². The lowest BCUT2D eigenvalue weighted by atomic mass is 9.78. The van der Waals surface area contributed by atoms with E-state index in [-0.39, 0.29) is 18.3 Å². The molecule has 24 heavy (non-hydrogen) atoms. The predicted octanol–water partition coefficient (Wildman–Crippen LogP) is 5.49. The number of hydrogen-bond donors (Lipinski definition) is 0. The molecule has 1 aromatic rings. The van der Waals surface area contributed by atoms with Gasteiger partial charge in [-0.2, -0.15) is 0 Å². The molecule has 0 atom stereocenters. The van der Waals surface area contributed by atoms with E-state index in [4.69, 9.17) is 9.31 Å². The highest BCUT2D eigenvalue weighted by atomic mass is 127. The monoisotopic (exact) mass is 442 g/mol. The quantitative estimate of drug-likeness (QED) is 0.301. The van der Waals surface area contributed by atoms with E-state index in [1.165, 1.54) is 54.1 Å². The number of benzene rings is 1. The van der Waals surface area contributed by atoms with Crippen molar-refractivity contribution < 1.29 is 9.31 Å². The van der Waals surface area contributed by atoms with Crippen LogP contribution in [0.25, 0.3) is 0 Å². The molecule has 1 heterocycles. The fourth-order valence-electron chi connectivity index (χ4n) is 2.99. The van der Waals surface area contributed by atoms with Gasteiger partial charge in [-0.3, -0.25) is 0 Å². The molecule has 1 aromatic carbocycles. The topological polar surface area (TPSA) is 18.5 Å². The van der Waals surface area contributed by atoms with Gasteiger partial charge < -0.3 is 9.31 Å². The predicted molar refractivity (Wildman–Crippen MR) is 112 cm³/mol. The van der Waals surface area contributed by atoms with Crippen LogP contribution in [0.2, 0.25) is 0 Å². The van der Waals surface area contributed by atoms with Crippen molar-refractivity contribution in [2.24, 2.45) is 0 Å². The first-order valence-electron chi connectivity index (χ1n) is 9.41. The zero-order valence-corrected chi connectivity index (χ0v) is 18.1. The van der Waals surface area contributed by atoms with Crippen LogP contribution in [-0.2, 0) is 15.7 Å². The van der Waals surface area contributed by atoms with Gasteiger partial charge in [-0.25, -0.2) is 0 Å². The van der Waals surface area contributed by atoms with Crippen LogP contribution in [0.1, 0.15) is 78.7 Å². The lowest BCUT2D eigenvalue weighted by Gasteiger charge is -2.32. The van der Waals surface area contributed by atoms with Crippen molar-refractivity contribution in [1.82, 2.24) is 0 Å². The number of unbranched alkanes of at least 4 members (excludes halogenated alkanes) is 5. The summed E-state index contributed by atoms with van der Waals surface area (Å²) in [7, 11) is -0.258. The highest BCUT2D eigenvalue weighted by Gasteiger charge is 2.51. The molecule has 0 unspecified atom stereocenters. The maximum absolute atomic E-state index is 6.16. The molecular formula is C20H32BIO2. The third-order valence-electron chi connectivity index (χ3n) is 5.40. The molecule has 1 aliphatic heterocycles. The van der Waals surface area contributed by atoms with Gasteiger partial charge >= 0.3 is 7.12 Å². The Kier molecular flexibility index (Phi) is 7.21. The van der Waals surface area contributed by atoms with Crippen molar-refractivity contribution in [3.63, 3.8) is 0 Å². The molecule has 4 heteroatoms. The van der Waals surface area contributed by atoms with Crippen molar-refractivity contribution in [2.75, 3.05) is 0 Å². The molecule has 0 bridgehead atoms. The molecule has 0 saturated carbocycles. The first-order chi connectivity index (χ1) is 11.3. The number of rotatable bonds is 8. The Balaban J connectivity index is 1.91. The van der Waals surface area contributed by atoms with Crippen LogP contribution in [0, 0.1) is 3.57 Å². The number of aryl methyl sites for hydroxylation is 1. The number of halogens is 1. The normalized spacial score (nSPS) is 19.0. The summed E-state index contributed by atoms with van der Waals surface area (Å²) < 4.78 is 13.6. The molecule has 0 radical (unpaired) electrons. The first kappa shape index (κ1) is 20.2. The van der Waals surface area contributed by atoms with E-state index in [1.807, 2.05) is 0 Å². The van der Waals surface area contributed by atoms with Crippen LogP contribution in [0.4, 0.5) is 0 Å². The second-order valence-electron chi connectivity index (χ2n) is 7.96. The standard InChI is InChI=1S/C20H32BIO2/c1-6-7-8-9-10-11-12-16-13-14-17(15-18(16)22)21-23-19(2,3)20(4,5)24-21/h13-15H,6-12H2,1-5H3. The summed E-state index contributed by atoms with van der Waals surface area (Å²) in [4.78, 5) is 0. The van der Waals surface area contributed by atoms with Crippen molar-refractivity contribution >= 4 is 35.2 Å². The summed E-state index contributed by atoms with van der Waals surface area (Å²) in [5, 5.41) is 0. The van der Waals surface area contributed by atoms with Gasteiger partial charge in [0.05, 0.1) is 11.2 Å². The lowest BCUT2D eigenvalue weighted by molar-refractivity contribution is 0.00578. The Morgan fingerprint density at radius 1 is 0.917 bits per heavy atom. The van der Waals surface area contributed by atoms with Gasteiger partial charge in [0.1, 0.15) is 0 Å². The Hall–Kier alpha value is -0.0651. The minimum absolute atomic E-state index is 0.258. The highest BCUT2D eigenvalue weighted by molar-refractivity contribution is 14.1. The van der Waals surface area contributed by atoms with Gasteiger partial charge in [0.15, 0.2) is 0 Å². The van der Waals surface area contributed by atoms with E-state index in [0.717, 1.165) is 5.46 Å². The van der Waals surface area contributed by atoms with Crippen LogP contribution in [-0.4, -0.2) is 18.3 Å². The smallest absolute Gasteiger partial charge is 0.399 e. The molecule has 0 spiro atoms. The molecule has 0 aliphatic carbocycles. The van der Waals surface area contributed by atoms with Crippen LogP contribution < -0.4 is 5.46 Å². The minimum Gasteiger partial charge on any atom is -0.399 e. The van der Waals surface area contributed by atoms with E-state index in [9.17, 15) is 0 Å². The summed E-state index contributed by atoms with van der Waals surface area (Å²) >= 11 is 2.45. The second-order valence-corrected chi connectivity index (χ2v) is 9.12. The molecule has 0 N–H and O–H groups in total. The fourth-order valence-corrected chi connectivity index (χ4v) is 3.80. The molecule has 0 aromatic heterocycles. The third kappa shape index (κ3) is 4.98. The lowest BCUT2D eigenvalue weighted by Crippen LogP contribution is -2.41. The van der Waals surface area contributed by atoms with E-state index in [1.54, 1.807) is 0 Å².